The molecule has 16 heavy (non-hydrogen) atoms. The Hall–Kier alpha value is -0.780. The molecular weight excluding hydrogens is 221 g/mol. The van der Waals surface area contributed by atoms with Gasteiger partial charge in [-0.1, -0.05) is 0 Å². The standard InChI is InChI=1S/C10H17F3N2O/c1-9(3-5-14-7-9)8(16)15(2)6-4-10(11,12)13/h14H,3-7H2,1-2H3. The Labute approximate surface area is 93.0 Å². The number of nitrogens with one attached hydrogen (secondary N) is 1. The monoisotopic (exact) mass is 238 g/mol. The van der Waals surface area contributed by atoms with E-state index >= 15 is 0 Å². The third kappa shape index (κ3) is 3.37. The predicted octanol–water partition coefficient (Wildman–Crippen LogP) is 1.40. The van der Waals surface area contributed by atoms with E-state index in [0.29, 0.717) is 13.0 Å². The number of carbonyl (C=O) groups excluding carboxylic acids is 1. The highest BCUT2D eigenvalue weighted by molar-refractivity contribution is 5.82. The van der Waals surface area contributed by atoms with Gasteiger partial charge < -0.3 is 10.2 Å². The van der Waals surface area contributed by atoms with Gasteiger partial charge in [0.05, 0.1) is 11.8 Å². The Morgan fingerprint density at radius 1 is 1.50 bits per heavy atom. The molecule has 1 heterocycles. The Morgan fingerprint density at radius 3 is 2.56 bits per heavy atom. The summed E-state index contributed by atoms with van der Waals surface area (Å²) in [5.41, 5.74) is -0.541. The fourth-order valence-electron chi connectivity index (χ4n) is 1.86. The maximum atomic E-state index is 12.0. The first-order valence-electron chi connectivity index (χ1n) is 5.28. The normalized spacial score (nSPS) is 25.8. The molecule has 94 valence electrons. The number of alkyl halides is 3. The van der Waals surface area contributed by atoms with Crippen LogP contribution in [0.5, 0.6) is 0 Å². The quantitative estimate of drug-likeness (QED) is 0.806. The van der Waals surface area contributed by atoms with E-state index in [-0.39, 0.29) is 12.5 Å². The molecule has 1 rings (SSSR count). The second kappa shape index (κ2) is 4.61. The van der Waals surface area contributed by atoms with Crippen molar-refractivity contribution in [2.24, 2.45) is 5.41 Å². The fourth-order valence-corrected chi connectivity index (χ4v) is 1.86. The molecule has 0 spiro atoms. The molecule has 0 aromatic carbocycles. The van der Waals surface area contributed by atoms with Crippen LogP contribution < -0.4 is 5.32 Å². The highest BCUT2D eigenvalue weighted by Gasteiger charge is 2.39. The maximum Gasteiger partial charge on any atom is 0.390 e. The van der Waals surface area contributed by atoms with Crippen LogP contribution in [0.25, 0.3) is 0 Å². The number of hydrogen-bond donors (Lipinski definition) is 1. The lowest BCUT2D eigenvalue weighted by Gasteiger charge is -2.28. The van der Waals surface area contributed by atoms with Crippen LogP contribution >= 0.6 is 0 Å². The van der Waals surface area contributed by atoms with Gasteiger partial charge in [0.1, 0.15) is 0 Å². The molecule has 1 aliphatic rings. The van der Waals surface area contributed by atoms with E-state index in [1.807, 2.05) is 0 Å². The molecule has 0 saturated carbocycles. The Kier molecular flexibility index (Phi) is 3.83. The van der Waals surface area contributed by atoms with Gasteiger partial charge in [-0.2, -0.15) is 13.2 Å². The van der Waals surface area contributed by atoms with Crippen molar-refractivity contribution in [3.63, 3.8) is 0 Å². The maximum absolute atomic E-state index is 12.0. The molecule has 6 heteroatoms. The van der Waals surface area contributed by atoms with E-state index in [9.17, 15) is 18.0 Å². The average molecular weight is 238 g/mol. The van der Waals surface area contributed by atoms with Crippen molar-refractivity contribution in [1.29, 1.82) is 0 Å². The molecule has 1 fully saturated rings. The van der Waals surface area contributed by atoms with Crippen molar-refractivity contribution in [2.45, 2.75) is 25.9 Å². The van der Waals surface area contributed by atoms with Crippen LogP contribution in [0, 0.1) is 5.41 Å². The SMILES string of the molecule is CN(CCC(F)(F)F)C(=O)C1(C)CCNC1. The van der Waals surface area contributed by atoms with Gasteiger partial charge >= 0.3 is 6.18 Å². The molecule has 1 aliphatic heterocycles. The summed E-state index contributed by atoms with van der Waals surface area (Å²) in [4.78, 5) is 13.1. The third-order valence-electron chi connectivity index (χ3n) is 2.96. The van der Waals surface area contributed by atoms with Crippen molar-refractivity contribution in [1.82, 2.24) is 10.2 Å². The molecule has 0 aromatic heterocycles. The van der Waals surface area contributed by atoms with Crippen LogP contribution in [-0.4, -0.2) is 43.7 Å². The number of rotatable bonds is 3. The molecule has 1 unspecified atom stereocenters. The minimum atomic E-state index is -4.20. The molecule has 0 aliphatic carbocycles. The van der Waals surface area contributed by atoms with E-state index in [1.54, 1.807) is 6.92 Å². The average Bonchev–Trinajstić information content (AvgIpc) is 2.60. The second-order valence-corrected chi connectivity index (χ2v) is 4.58. The number of carbonyl (C=O) groups is 1. The molecule has 3 nitrogen and oxygen atoms in total. The Balaban J connectivity index is 2.47. The summed E-state index contributed by atoms with van der Waals surface area (Å²) < 4.78 is 36.0. The van der Waals surface area contributed by atoms with Crippen molar-refractivity contribution in [2.75, 3.05) is 26.7 Å². The number of halogens is 3. The summed E-state index contributed by atoms with van der Waals surface area (Å²) in [6.45, 7) is 2.81. The molecule has 1 saturated heterocycles. The number of amides is 1. The van der Waals surface area contributed by atoms with E-state index in [4.69, 9.17) is 0 Å². The lowest BCUT2D eigenvalue weighted by Crippen LogP contribution is -2.42. The molecule has 1 atom stereocenters. The Bertz CT molecular complexity index is 259. The van der Waals surface area contributed by atoms with Gasteiger partial charge in [0.2, 0.25) is 5.91 Å². The summed E-state index contributed by atoms with van der Waals surface area (Å²) >= 11 is 0. The van der Waals surface area contributed by atoms with E-state index in [0.717, 1.165) is 6.54 Å². The highest BCUT2D eigenvalue weighted by Crippen LogP contribution is 2.27. The highest BCUT2D eigenvalue weighted by atomic mass is 19.4. The first kappa shape index (κ1) is 13.3. The van der Waals surface area contributed by atoms with Gasteiger partial charge in [0.15, 0.2) is 0 Å². The summed E-state index contributed by atoms with van der Waals surface area (Å²) in [6.07, 6.45) is -4.47. The Morgan fingerprint density at radius 2 is 2.12 bits per heavy atom. The zero-order chi connectivity index (χ0) is 12.4. The minimum Gasteiger partial charge on any atom is -0.345 e. The number of hydrogen-bond acceptors (Lipinski definition) is 2. The van der Waals surface area contributed by atoms with Crippen molar-refractivity contribution < 1.29 is 18.0 Å². The van der Waals surface area contributed by atoms with Crippen LogP contribution in [0.3, 0.4) is 0 Å². The van der Waals surface area contributed by atoms with Gasteiger partial charge in [-0.05, 0) is 19.9 Å². The minimum absolute atomic E-state index is 0.207. The summed E-state index contributed by atoms with van der Waals surface area (Å²) in [7, 11) is 1.43. The largest absolute Gasteiger partial charge is 0.390 e. The topological polar surface area (TPSA) is 32.3 Å². The van der Waals surface area contributed by atoms with Crippen LogP contribution in [0.15, 0.2) is 0 Å². The van der Waals surface area contributed by atoms with Crippen molar-refractivity contribution in [3.05, 3.63) is 0 Å². The van der Waals surface area contributed by atoms with Crippen LogP contribution in [0.1, 0.15) is 19.8 Å². The predicted molar refractivity (Wildman–Crippen MR) is 53.9 cm³/mol. The smallest absolute Gasteiger partial charge is 0.345 e. The van der Waals surface area contributed by atoms with E-state index < -0.39 is 18.0 Å². The van der Waals surface area contributed by atoms with Crippen LogP contribution in [0.4, 0.5) is 13.2 Å². The van der Waals surface area contributed by atoms with Gasteiger partial charge in [0, 0.05) is 20.1 Å². The van der Waals surface area contributed by atoms with E-state index in [1.165, 1.54) is 11.9 Å². The fraction of sp³-hybridized carbons (Fsp3) is 0.900. The summed E-state index contributed by atoms with van der Waals surface area (Å²) in [6, 6.07) is 0. The molecule has 0 radical (unpaired) electrons. The van der Waals surface area contributed by atoms with Crippen molar-refractivity contribution in [3.8, 4) is 0 Å². The molecule has 1 amide bonds. The second-order valence-electron chi connectivity index (χ2n) is 4.58. The summed E-state index contributed by atoms with van der Waals surface area (Å²) in [5, 5.41) is 3.05. The molecular formula is C10H17F3N2O. The zero-order valence-corrected chi connectivity index (χ0v) is 9.52. The van der Waals surface area contributed by atoms with Crippen molar-refractivity contribution >= 4 is 5.91 Å². The summed E-state index contributed by atoms with van der Waals surface area (Å²) in [5.74, 6) is -0.207. The molecule has 1 N–H and O–H groups in total. The first-order valence-corrected chi connectivity index (χ1v) is 5.28. The first-order chi connectivity index (χ1) is 7.25. The van der Waals surface area contributed by atoms with Gasteiger partial charge in [-0.15, -0.1) is 0 Å². The lowest BCUT2D eigenvalue weighted by atomic mass is 9.88. The van der Waals surface area contributed by atoms with Crippen LogP contribution in [0.2, 0.25) is 0 Å². The third-order valence-corrected chi connectivity index (χ3v) is 2.96. The van der Waals surface area contributed by atoms with Crippen LogP contribution in [-0.2, 0) is 4.79 Å². The lowest BCUT2D eigenvalue weighted by molar-refractivity contribution is -0.148. The zero-order valence-electron chi connectivity index (χ0n) is 9.52. The van der Waals surface area contributed by atoms with E-state index in [2.05, 4.69) is 5.32 Å². The van der Waals surface area contributed by atoms with Gasteiger partial charge in [0.25, 0.3) is 0 Å². The number of nitrogens with zero attached hydrogens (tertiary/aromatic N) is 1. The van der Waals surface area contributed by atoms with Gasteiger partial charge in [-0.25, -0.2) is 0 Å². The van der Waals surface area contributed by atoms with Gasteiger partial charge in [-0.3, -0.25) is 4.79 Å². The molecule has 0 bridgehead atoms. The molecule has 0 aromatic rings.